The molecule has 1 aromatic carbocycles. The molecule has 3 N–H and O–H groups in total. The fourth-order valence-electron chi connectivity index (χ4n) is 1.52. The molecule has 19 heavy (non-hydrogen) atoms. The summed E-state index contributed by atoms with van der Waals surface area (Å²) in [5, 5.41) is 14.3. The van der Waals surface area contributed by atoms with Crippen molar-refractivity contribution in [2.75, 3.05) is 11.9 Å². The van der Waals surface area contributed by atoms with E-state index in [4.69, 9.17) is 5.11 Å². The SMILES string of the molecule is CCCCCNC(=O)Nc1ccc(Br)c(C(=O)O)c1. The van der Waals surface area contributed by atoms with Gasteiger partial charge in [0, 0.05) is 16.7 Å². The van der Waals surface area contributed by atoms with E-state index in [1.54, 1.807) is 12.1 Å². The predicted molar refractivity (Wildman–Crippen MR) is 77.6 cm³/mol. The van der Waals surface area contributed by atoms with Gasteiger partial charge < -0.3 is 15.7 Å². The highest BCUT2D eigenvalue weighted by Gasteiger charge is 2.10. The molecule has 0 heterocycles. The van der Waals surface area contributed by atoms with E-state index < -0.39 is 5.97 Å². The molecule has 0 saturated heterocycles. The lowest BCUT2D eigenvalue weighted by Crippen LogP contribution is -2.29. The van der Waals surface area contributed by atoms with Gasteiger partial charge in [0.2, 0.25) is 0 Å². The molecule has 0 spiro atoms. The number of carbonyl (C=O) groups is 2. The third-order valence-electron chi connectivity index (χ3n) is 2.52. The highest BCUT2D eigenvalue weighted by molar-refractivity contribution is 9.10. The Morgan fingerprint density at radius 2 is 2.05 bits per heavy atom. The van der Waals surface area contributed by atoms with E-state index in [1.807, 2.05) is 0 Å². The number of carbonyl (C=O) groups excluding carboxylic acids is 1. The van der Waals surface area contributed by atoms with Gasteiger partial charge in [-0.1, -0.05) is 19.8 Å². The molecule has 104 valence electrons. The first-order valence-electron chi connectivity index (χ1n) is 6.12. The Balaban J connectivity index is 2.55. The molecule has 6 heteroatoms. The summed E-state index contributed by atoms with van der Waals surface area (Å²) in [4.78, 5) is 22.5. The Kier molecular flexibility index (Phi) is 6.35. The largest absolute Gasteiger partial charge is 0.478 e. The van der Waals surface area contributed by atoms with Gasteiger partial charge in [-0.3, -0.25) is 0 Å². The summed E-state index contributed by atoms with van der Waals surface area (Å²) in [6, 6.07) is 4.32. The first-order chi connectivity index (χ1) is 9.04. The molecule has 0 unspecified atom stereocenters. The highest BCUT2D eigenvalue weighted by atomic mass is 79.9. The minimum atomic E-state index is -1.04. The van der Waals surface area contributed by atoms with Crippen LogP contribution in [-0.2, 0) is 0 Å². The zero-order chi connectivity index (χ0) is 14.3. The quantitative estimate of drug-likeness (QED) is 0.700. The molecule has 1 rings (SSSR count). The maximum absolute atomic E-state index is 11.6. The second kappa shape index (κ2) is 7.78. The van der Waals surface area contributed by atoms with Crippen LogP contribution in [0.15, 0.2) is 22.7 Å². The van der Waals surface area contributed by atoms with Crippen LogP contribution in [0.4, 0.5) is 10.5 Å². The average Bonchev–Trinajstić information content (AvgIpc) is 2.36. The monoisotopic (exact) mass is 328 g/mol. The van der Waals surface area contributed by atoms with Gasteiger partial charge in [0.15, 0.2) is 0 Å². The van der Waals surface area contributed by atoms with Crippen molar-refractivity contribution < 1.29 is 14.7 Å². The first kappa shape index (κ1) is 15.5. The summed E-state index contributed by atoms with van der Waals surface area (Å²) in [6.45, 7) is 2.71. The molecule has 5 nitrogen and oxygen atoms in total. The fraction of sp³-hybridized carbons (Fsp3) is 0.385. The summed E-state index contributed by atoms with van der Waals surface area (Å²) in [5.74, 6) is -1.04. The van der Waals surface area contributed by atoms with E-state index in [-0.39, 0.29) is 11.6 Å². The van der Waals surface area contributed by atoms with Crippen LogP contribution in [0.25, 0.3) is 0 Å². The number of urea groups is 1. The van der Waals surface area contributed by atoms with E-state index in [0.29, 0.717) is 16.7 Å². The summed E-state index contributed by atoms with van der Waals surface area (Å²) >= 11 is 3.15. The first-order valence-corrected chi connectivity index (χ1v) is 6.91. The lowest BCUT2D eigenvalue weighted by molar-refractivity contribution is 0.0696. The van der Waals surface area contributed by atoms with E-state index in [1.165, 1.54) is 6.07 Å². The molecule has 0 radical (unpaired) electrons. The second-order valence-corrected chi connectivity index (χ2v) is 4.94. The number of benzene rings is 1. The summed E-state index contributed by atoms with van der Waals surface area (Å²) in [7, 11) is 0. The van der Waals surface area contributed by atoms with Gasteiger partial charge in [-0.25, -0.2) is 9.59 Å². The Hall–Kier alpha value is -1.56. The van der Waals surface area contributed by atoms with Gasteiger partial charge in [0.1, 0.15) is 0 Å². The average molecular weight is 329 g/mol. The van der Waals surface area contributed by atoms with Crippen molar-refractivity contribution in [3.05, 3.63) is 28.2 Å². The molecule has 0 aliphatic carbocycles. The molecule has 0 aliphatic rings. The van der Waals surface area contributed by atoms with Crippen LogP contribution in [0.3, 0.4) is 0 Å². The van der Waals surface area contributed by atoms with E-state index >= 15 is 0 Å². The van der Waals surface area contributed by atoms with Crippen LogP contribution >= 0.6 is 15.9 Å². The summed E-state index contributed by atoms with van der Waals surface area (Å²) in [6.07, 6.45) is 3.10. The number of halogens is 1. The molecule has 0 bridgehead atoms. The molecule has 2 amide bonds. The number of unbranched alkanes of at least 4 members (excludes halogenated alkanes) is 2. The molecular formula is C13H17BrN2O3. The summed E-state index contributed by atoms with van der Waals surface area (Å²) in [5.41, 5.74) is 0.567. The van der Waals surface area contributed by atoms with Crippen LogP contribution in [0.2, 0.25) is 0 Å². The molecule has 0 atom stereocenters. The number of carboxylic acids is 1. The number of carboxylic acid groups (broad SMARTS) is 1. The number of amides is 2. The summed E-state index contributed by atoms with van der Waals surface area (Å²) < 4.78 is 0.480. The lowest BCUT2D eigenvalue weighted by atomic mass is 10.2. The van der Waals surface area contributed by atoms with Crippen LogP contribution < -0.4 is 10.6 Å². The standard InChI is InChI=1S/C13H17BrN2O3/c1-2-3-4-7-15-13(19)16-9-5-6-11(14)10(8-9)12(17)18/h5-6,8H,2-4,7H2,1H3,(H,17,18)(H2,15,16,19). The Morgan fingerprint density at radius 1 is 1.32 bits per heavy atom. The van der Waals surface area contributed by atoms with Crippen molar-refractivity contribution in [2.45, 2.75) is 26.2 Å². The van der Waals surface area contributed by atoms with Gasteiger partial charge in [0.25, 0.3) is 0 Å². The second-order valence-electron chi connectivity index (χ2n) is 4.09. The minimum Gasteiger partial charge on any atom is -0.478 e. The molecule has 0 fully saturated rings. The Morgan fingerprint density at radius 3 is 2.68 bits per heavy atom. The van der Waals surface area contributed by atoms with Gasteiger partial charge in [-0.05, 0) is 40.5 Å². The number of hydrogen-bond acceptors (Lipinski definition) is 2. The zero-order valence-electron chi connectivity index (χ0n) is 10.7. The topological polar surface area (TPSA) is 78.4 Å². The zero-order valence-corrected chi connectivity index (χ0v) is 12.3. The van der Waals surface area contributed by atoms with Crippen LogP contribution in [0.5, 0.6) is 0 Å². The van der Waals surface area contributed by atoms with Crippen molar-refractivity contribution in [3.63, 3.8) is 0 Å². The van der Waals surface area contributed by atoms with Gasteiger partial charge in [-0.2, -0.15) is 0 Å². The number of hydrogen-bond donors (Lipinski definition) is 3. The fourth-order valence-corrected chi connectivity index (χ4v) is 1.94. The molecular weight excluding hydrogens is 312 g/mol. The Labute approximate surface area is 120 Å². The molecule has 0 saturated carbocycles. The van der Waals surface area contributed by atoms with Gasteiger partial charge >= 0.3 is 12.0 Å². The maximum atomic E-state index is 11.6. The molecule has 0 aromatic heterocycles. The third kappa shape index (κ3) is 5.30. The highest BCUT2D eigenvalue weighted by Crippen LogP contribution is 2.21. The number of anilines is 1. The predicted octanol–water partition coefficient (Wildman–Crippen LogP) is 3.46. The van der Waals surface area contributed by atoms with E-state index in [2.05, 4.69) is 33.5 Å². The van der Waals surface area contributed by atoms with Crippen molar-refractivity contribution in [1.29, 1.82) is 0 Å². The van der Waals surface area contributed by atoms with Crippen molar-refractivity contribution >= 4 is 33.6 Å². The number of aromatic carboxylic acids is 1. The lowest BCUT2D eigenvalue weighted by Gasteiger charge is -2.08. The third-order valence-corrected chi connectivity index (χ3v) is 3.21. The van der Waals surface area contributed by atoms with Crippen molar-refractivity contribution in [3.8, 4) is 0 Å². The normalized spacial score (nSPS) is 10.0. The Bertz CT molecular complexity index is 463. The van der Waals surface area contributed by atoms with E-state index in [0.717, 1.165) is 19.3 Å². The number of nitrogens with one attached hydrogen (secondary N) is 2. The minimum absolute atomic E-state index is 0.115. The maximum Gasteiger partial charge on any atom is 0.336 e. The van der Waals surface area contributed by atoms with Crippen LogP contribution in [0.1, 0.15) is 36.5 Å². The van der Waals surface area contributed by atoms with Crippen LogP contribution in [0, 0.1) is 0 Å². The van der Waals surface area contributed by atoms with Gasteiger partial charge in [-0.15, -0.1) is 0 Å². The molecule has 1 aromatic rings. The van der Waals surface area contributed by atoms with Crippen molar-refractivity contribution in [1.82, 2.24) is 5.32 Å². The van der Waals surface area contributed by atoms with Gasteiger partial charge in [0.05, 0.1) is 5.56 Å². The van der Waals surface area contributed by atoms with Crippen molar-refractivity contribution in [2.24, 2.45) is 0 Å². The number of rotatable bonds is 6. The van der Waals surface area contributed by atoms with E-state index in [9.17, 15) is 9.59 Å². The molecule has 0 aliphatic heterocycles. The smallest absolute Gasteiger partial charge is 0.336 e. The van der Waals surface area contributed by atoms with Crippen LogP contribution in [-0.4, -0.2) is 23.7 Å².